The van der Waals surface area contributed by atoms with Crippen LogP contribution in [-0.2, 0) is 13.0 Å². The number of thiophene rings is 1. The summed E-state index contributed by atoms with van der Waals surface area (Å²) < 4.78 is 0. The van der Waals surface area contributed by atoms with Crippen molar-refractivity contribution in [2.45, 2.75) is 65.0 Å². The van der Waals surface area contributed by atoms with Crippen molar-refractivity contribution >= 4 is 11.3 Å². The zero-order valence-corrected chi connectivity index (χ0v) is 14.5. The van der Waals surface area contributed by atoms with Gasteiger partial charge in [0.05, 0.1) is 0 Å². The van der Waals surface area contributed by atoms with Crippen molar-refractivity contribution in [2.24, 2.45) is 5.41 Å². The van der Waals surface area contributed by atoms with Crippen molar-refractivity contribution in [1.29, 1.82) is 0 Å². The molecule has 1 aliphatic heterocycles. The van der Waals surface area contributed by atoms with E-state index in [1.807, 2.05) is 11.3 Å². The second-order valence-corrected chi connectivity index (χ2v) is 8.43. The van der Waals surface area contributed by atoms with Crippen molar-refractivity contribution in [2.75, 3.05) is 19.6 Å². The maximum absolute atomic E-state index is 3.74. The van der Waals surface area contributed by atoms with Gasteiger partial charge in [-0.25, -0.2) is 0 Å². The standard InChI is InChI=1S/C18H30N2S/c1-15(2)19-13-18(8-4-3-5-9-18)14-20-10-6-17-16(12-20)7-11-21-17/h7,11,15,19H,3-6,8-10,12-14H2,1-2H3. The lowest BCUT2D eigenvalue weighted by Gasteiger charge is -2.43. The first-order valence-electron chi connectivity index (χ1n) is 8.68. The number of hydrogen-bond donors (Lipinski definition) is 1. The summed E-state index contributed by atoms with van der Waals surface area (Å²) in [5.41, 5.74) is 2.12. The molecule has 3 rings (SSSR count). The van der Waals surface area contributed by atoms with Gasteiger partial charge in [-0.15, -0.1) is 11.3 Å². The van der Waals surface area contributed by atoms with E-state index in [1.165, 1.54) is 64.7 Å². The van der Waals surface area contributed by atoms with Gasteiger partial charge in [0.2, 0.25) is 0 Å². The van der Waals surface area contributed by atoms with E-state index in [2.05, 4.69) is 35.5 Å². The van der Waals surface area contributed by atoms with Crippen LogP contribution in [0.25, 0.3) is 0 Å². The highest BCUT2D eigenvalue weighted by atomic mass is 32.1. The molecule has 1 fully saturated rings. The molecule has 2 nitrogen and oxygen atoms in total. The molecule has 0 saturated heterocycles. The van der Waals surface area contributed by atoms with E-state index in [-0.39, 0.29) is 0 Å². The molecule has 1 aromatic rings. The highest BCUT2D eigenvalue weighted by Gasteiger charge is 2.34. The van der Waals surface area contributed by atoms with E-state index >= 15 is 0 Å². The molecular weight excluding hydrogens is 276 g/mol. The van der Waals surface area contributed by atoms with Gasteiger partial charge in [-0.2, -0.15) is 0 Å². The summed E-state index contributed by atoms with van der Waals surface area (Å²) >= 11 is 1.95. The van der Waals surface area contributed by atoms with Crippen molar-refractivity contribution in [3.8, 4) is 0 Å². The van der Waals surface area contributed by atoms with Crippen LogP contribution in [0.3, 0.4) is 0 Å². The van der Waals surface area contributed by atoms with Crippen LogP contribution in [0, 0.1) is 5.41 Å². The molecule has 21 heavy (non-hydrogen) atoms. The third kappa shape index (κ3) is 3.88. The second kappa shape index (κ2) is 6.80. The van der Waals surface area contributed by atoms with Crippen LogP contribution >= 0.6 is 11.3 Å². The highest BCUT2D eigenvalue weighted by molar-refractivity contribution is 7.10. The summed E-state index contributed by atoms with van der Waals surface area (Å²) in [7, 11) is 0. The third-order valence-corrected chi connectivity index (χ3v) is 6.27. The molecule has 0 bridgehead atoms. The topological polar surface area (TPSA) is 15.3 Å². The zero-order chi connectivity index (χ0) is 14.7. The van der Waals surface area contributed by atoms with Crippen LogP contribution in [-0.4, -0.2) is 30.6 Å². The monoisotopic (exact) mass is 306 g/mol. The van der Waals surface area contributed by atoms with Crippen LogP contribution in [0.2, 0.25) is 0 Å². The molecule has 0 radical (unpaired) electrons. The van der Waals surface area contributed by atoms with Crippen LogP contribution in [0.5, 0.6) is 0 Å². The van der Waals surface area contributed by atoms with Gasteiger partial charge in [-0.3, -0.25) is 4.90 Å². The molecule has 1 aliphatic carbocycles. The normalized spacial score (nSPS) is 22.4. The molecule has 0 atom stereocenters. The number of fused-ring (bicyclic) bond motifs is 1. The van der Waals surface area contributed by atoms with E-state index in [0.29, 0.717) is 11.5 Å². The predicted molar refractivity (Wildman–Crippen MR) is 92.0 cm³/mol. The van der Waals surface area contributed by atoms with Gasteiger partial charge in [0.15, 0.2) is 0 Å². The SMILES string of the molecule is CC(C)NCC1(CN2CCc3sccc3C2)CCCCC1. The van der Waals surface area contributed by atoms with Crippen molar-refractivity contribution in [3.63, 3.8) is 0 Å². The maximum Gasteiger partial charge on any atom is 0.0245 e. The van der Waals surface area contributed by atoms with Gasteiger partial charge in [0.25, 0.3) is 0 Å². The van der Waals surface area contributed by atoms with Crippen LogP contribution in [0.1, 0.15) is 56.4 Å². The Morgan fingerprint density at radius 2 is 2.10 bits per heavy atom. The van der Waals surface area contributed by atoms with Gasteiger partial charge in [0.1, 0.15) is 0 Å². The summed E-state index contributed by atoms with van der Waals surface area (Å²) in [4.78, 5) is 4.35. The lowest BCUT2D eigenvalue weighted by atomic mass is 9.73. The van der Waals surface area contributed by atoms with E-state index in [1.54, 1.807) is 10.4 Å². The van der Waals surface area contributed by atoms with E-state index in [4.69, 9.17) is 0 Å². The molecule has 2 aliphatic rings. The summed E-state index contributed by atoms with van der Waals surface area (Å²) in [6.07, 6.45) is 8.40. The van der Waals surface area contributed by atoms with Gasteiger partial charge in [-0.1, -0.05) is 33.1 Å². The molecule has 118 valence electrons. The Balaban J connectivity index is 1.64. The Kier molecular flexibility index (Phi) is 5.03. The first-order chi connectivity index (χ1) is 10.2. The third-order valence-electron chi connectivity index (χ3n) is 5.25. The minimum atomic E-state index is 0.524. The van der Waals surface area contributed by atoms with Crippen molar-refractivity contribution in [3.05, 3.63) is 21.9 Å². The first kappa shape index (κ1) is 15.5. The molecule has 1 saturated carbocycles. The van der Waals surface area contributed by atoms with Crippen LogP contribution in [0.4, 0.5) is 0 Å². The fraction of sp³-hybridized carbons (Fsp3) is 0.778. The summed E-state index contributed by atoms with van der Waals surface area (Å²) in [6, 6.07) is 2.94. The van der Waals surface area contributed by atoms with Crippen molar-refractivity contribution < 1.29 is 0 Å². The average Bonchev–Trinajstić information content (AvgIpc) is 2.94. The average molecular weight is 307 g/mol. The van der Waals surface area contributed by atoms with Gasteiger partial charge in [0, 0.05) is 37.1 Å². The fourth-order valence-electron chi connectivity index (χ4n) is 4.03. The van der Waals surface area contributed by atoms with Crippen LogP contribution in [0.15, 0.2) is 11.4 Å². The lowest BCUT2D eigenvalue weighted by molar-refractivity contribution is 0.0926. The smallest absolute Gasteiger partial charge is 0.0245 e. The minimum absolute atomic E-state index is 0.524. The largest absolute Gasteiger partial charge is 0.314 e. The molecular formula is C18H30N2S. The van der Waals surface area contributed by atoms with Gasteiger partial charge in [-0.05, 0) is 41.7 Å². The minimum Gasteiger partial charge on any atom is -0.314 e. The molecule has 1 aromatic heterocycles. The molecule has 2 heterocycles. The Morgan fingerprint density at radius 1 is 1.29 bits per heavy atom. The Labute approximate surface area is 133 Å². The first-order valence-corrected chi connectivity index (χ1v) is 9.56. The molecule has 0 spiro atoms. The molecule has 0 unspecified atom stereocenters. The fourth-order valence-corrected chi connectivity index (χ4v) is 4.92. The second-order valence-electron chi connectivity index (χ2n) is 7.43. The summed E-state index contributed by atoms with van der Waals surface area (Å²) in [5, 5.41) is 6.00. The highest BCUT2D eigenvalue weighted by Crippen LogP contribution is 2.38. The van der Waals surface area contributed by atoms with Gasteiger partial charge < -0.3 is 5.32 Å². The molecule has 0 amide bonds. The predicted octanol–water partition coefficient (Wildman–Crippen LogP) is 4.05. The van der Waals surface area contributed by atoms with Crippen LogP contribution < -0.4 is 5.32 Å². The quantitative estimate of drug-likeness (QED) is 0.882. The van der Waals surface area contributed by atoms with E-state index < -0.39 is 0 Å². The summed E-state index contributed by atoms with van der Waals surface area (Å²) in [5.74, 6) is 0. The summed E-state index contributed by atoms with van der Waals surface area (Å²) in [6.45, 7) is 9.49. The number of rotatable bonds is 5. The Hall–Kier alpha value is -0.380. The number of nitrogens with zero attached hydrogens (tertiary/aromatic N) is 1. The zero-order valence-electron chi connectivity index (χ0n) is 13.7. The van der Waals surface area contributed by atoms with Crippen molar-refractivity contribution in [1.82, 2.24) is 10.2 Å². The Morgan fingerprint density at radius 3 is 2.86 bits per heavy atom. The Bertz CT molecular complexity index is 446. The number of hydrogen-bond acceptors (Lipinski definition) is 3. The molecule has 0 aromatic carbocycles. The van der Waals surface area contributed by atoms with E-state index in [0.717, 1.165) is 0 Å². The lowest BCUT2D eigenvalue weighted by Crippen LogP contribution is -2.47. The van der Waals surface area contributed by atoms with Gasteiger partial charge >= 0.3 is 0 Å². The van der Waals surface area contributed by atoms with E-state index in [9.17, 15) is 0 Å². The molecule has 1 N–H and O–H groups in total. The molecule has 3 heteroatoms. The maximum atomic E-state index is 3.74. The number of nitrogens with one attached hydrogen (secondary N) is 1.